The molecule has 1 heterocycles. The fourth-order valence-electron chi connectivity index (χ4n) is 1.000. The normalized spacial score (nSPS) is 13.7. The fourth-order valence-corrected chi connectivity index (χ4v) is 1.000. The summed E-state index contributed by atoms with van der Waals surface area (Å²) in [6.45, 7) is 7.58. The summed E-state index contributed by atoms with van der Waals surface area (Å²) in [4.78, 5) is 11.6. The number of hydrogen-bond donors (Lipinski definition) is 2. The molecule has 0 spiro atoms. The Morgan fingerprint density at radius 3 is 2.64 bits per heavy atom. The van der Waals surface area contributed by atoms with Crippen molar-refractivity contribution in [3.8, 4) is 0 Å². The zero-order valence-electron chi connectivity index (χ0n) is 9.09. The summed E-state index contributed by atoms with van der Waals surface area (Å²) in [7, 11) is 0. The third-order valence-electron chi connectivity index (χ3n) is 1.99. The monoisotopic (exact) mass is 195 g/mol. The van der Waals surface area contributed by atoms with Gasteiger partial charge in [0.1, 0.15) is 0 Å². The van der Waals surface area contributed by atoms with E-state index in [0.717, 1.165) is 5.69 Å². The Morgan fingerprint density at radius 1 is 1.57 bits per heavy atom. The summed E-state index contributed by atoms with van der Waals surface area (Å²) in [5.74, 6) is 0.0352. The summed E-state index contributed by atoms with van der Waals surface area (Å²) in [5, 5.41) is 9.63. The lowest BCUT2D eigenvalue weighted by molar-refractivity contribution is -0.129. The minimum atomic E-state index is -0.357. The molecule has 1 aromatic heterocycles. The summed E-state index contributed by atoms with van der Waals surface area (Å²) in [6, 6.07) is 1.81. The van der Waals surface area contributed by atoms with E-state index in [2.05, 4.69) is 15.5 Å². The molecule has 1 amide bonds. The van der Waals surface area contributed by atoms with Crippen molar-refractivity contribution in [2.24, 2.45) is 5.41 Å². The minimum absolute atomic E-state index is 0.0352. The first kappa shape index (κ1) is 10.8. The number of hydrogen-bond acceptors (Lipinski definition) is 2. The molecule has 1 unspecified atom stereocenters. The van der Waals surface area contributed by atoms with Crippen LogP contribution in [0, 0.1) is 5.41 Å². The summed E-state index contributed by atoms with van der Waals surface area (Å²) < 4.78 is 0. The van der Waals surface area contributed by atoms with Crippen molar-refractivity contribution in [1.29, 1.82) is 0 Å². The molecule has 14 heavy (non-hydrogen) atoms. The van der Waals surface area contributed by atoms with E-state index >= 15 is 0 Å². The Morgan fingerprint density at radius 2 is 2.21 bits per heavy atom. The summed E-state index contributed by atoms with van der Waals surface area (Å²) in [6.07, 6.45) is 1.75. The van der Waals surface area contributed by atoms with Gasteiger partial charge in [0.25, 0.3) is 0 Å². The zero-order valence-corrected chi connectivity index (χ0v) is 9.09. The maximum Gasteiger partial charge on any atom is 0.225 e. The molecule has 4 heteroatoms. The van der Waals surface area contributed by atoms with Crippen molar-refractivity contribution in [3.63, 3.8) is 0 Å². The Hall–Kier alpha value is -1.32. The highest BCUT2D eigenvalue weighted by Gasteiger charge is 2.23. The molecule has 0 bridgehead atoms. The zero-order chi connectivity index (χ0) is 10.8. The quantitative estimate of drug-likeness (QED) is 0.753. The largest absolute Gasteiger partial charge is 0.347 e. The number of aromatic amines is 1. The second-order valence-corrected chi connectivity index (χ2v) is 4.44. The van der Waals surface area contributed by atoms with E-state index in [9.17, 15) is 4.79 Å². The van der Waals surface area contributed by atoms with Gasteiger partial charge in [-0.25, -0.2) is 0 Å². The number of aromatic nitrogens is 2. The van der Waals surface area contributed by atoms with Crippen LogP contribution in [0.3, 0.4) is 0 Å². The lowest BCUT2D eigenvalue weighted by Crippen LogP contribution is -2.36. The first-order valence-electron chi connectivity index (χ1n) is 4.72. The molecule has 0 aliphatic carbocycles. The number of carbonyl (C=O) groups excluding carboxylic acids is 1. The van der Waals surface area contributed by atoms with Gasteiger partial charge in [-0.1, -0.05) is 20.8 Å². The average molecular weight is 195 g/mol. The molecule has 0 aliphatic heterocycles. The van der Waals surface area contributed by atoms with Gasteiger partial charge in [-0.05, 0) is 13.0 Å². The van der Waals surface area contributed by atoms with E-state index in [1.54, 1.807) is 6.20 Å². The Bertz CT molecular complexity index is 298. The van der Waals surface area contributed by atoms with Crippen LogP contribution in [0.1, 0.15) is 39.4 Å². The van der Waals surface area contributed by atoms with Crippen molar-refractivity contribution in [2.75, 3.05) is 0 Å². The SMILES string of the molecule is CC(NC(=O)C(C)(C)C)c1cc[nH]n1. The molecule has 1 aromatic rings. The van der Waals surface area contributed by atoms with Crippen molar-refractivity contribution < 1.29 is 4.79 Å². The van der Waals surface area contributed by atoms with Crippen LogP contribution >= 0.6 is 0 Å². The van der Waals surface area contributed by atoms with E-state index in [1.165, 1.54) is 0 Å². The number of rotatable bonds is 2. The van der Waals surface area contributed by atoms with Crippen LogP contribution in [0.15, 0.2) is 12.3 Å². The summed E-state index contributed by atoms with van der Waals surface area (Å²) in [5.41, 5.74) is 0.493. The van der Waals surface area contributed by atoms with Gasteiger partial charge in [-0.15, -0.1) is 0 Å². The van der Waals surface area contributed by atoms with Gasteiger partial charge in [0, 0.05) is 11.6 Å². The first-order valence-corrected chi connectivity index (χ1v) is 4.72. The molecule has 4 nitrogen and oxygen atoms in total. The van der Waals surface area contributed by atoms with Crippen LogP contribution in [0.5, 0.6) is 0 Å². The molecule has 0 saturated carbocycles. The van der Waals surface area contributed by atoms with Gasteiger partial charge in [-0.3, -0.25) is 9.89 Å². The summed E-state index contributed by atoms with van der Waals surface area (Å²) >= 11 is 0. The van der Waals surface area contributed by atoms with Crippen LogP contribution in [0.25, 0.3) is 0 Å². The van der Waals surface area contributed by atoms with Crippen LogP contribution in [0.4, 0.5) is 0 Å². The van der Waals surface area contributed by atoms with E-state index in [4.69, 9.17) is 0 Å². The van der Waals surface area contributed by atoms with Gasteiger partial charge in [0.15, 0.2) is 0 Å². The van der Waals surface area contributed by atoms with Crippen molar-refractivity contribution >= 4 is 5.91 Å². The number of H-pyrrole nitrogens is 1. The molecule has 0 aliphatic rings. The molecular weight excluding hydrogens is 178 g/mol. The second kappa shape index (κ2) is 3.82. The topological polar surface area (TPSA) is 57.8 Å². The highest BCUT2D eigenvalue weighted by molar-refractivity contribution is 5.81. The van der Waals surface area contributed by atoms with Crippen LogP contribution < -0.4 is 5.32 Å². The highest BCUT2D eigenvalue weighted by atomic mass is 16.2. The van der Waals surface area contributed by atoms with Gasteiger partial charge >= 0.3 is 0 Å². The van der Waals surface area contributed by atoms with Crippen LogP contribution in [-0.4, -0.2) is 16.1 Å². The molecule has 78 valence electrons. The predicted octanol–water partition coefficient (Wildman–Crippen LogP) is 1.63. The third kappa shape index (κ3) is 2.58. The van der Waals surface area contributed by atoms with Gasteiger partial charge in [-0.2, -0.15) is 5.10 Å². The standard InChI is InChI=1S/C10H17N3O/c1-7(8-5-6-11-13-8)12-9(14)10(2,3)4/h5-7H,1-4H3,(H,11,13)(H,12,14). The predicted molar refractivity (Wildman–Crippen MR) is 54.6 cm³/mol. The molecule has 2 N–H and O–H groups in total. The van der Waals surface area contributed by atoms with Gasteiger partial charge in [0.2, 0.25) is 5.91 Å². The smallest absolute Gasteiger partial charge is 0.225 e. The average Bonchev–Trinajstić information content (AvgIpc) is 2.53. The second-order valence-electron chi connectivity index (χ2n) is 4.44. The number of carbonyl (C=O) groups is 1. The Balaban J connectivity index is 2.58. The van der Waals surface area contributed by atoms with Crippen molar-refractivity contribution in [1.82, 2.24) is 15.5 Å². The maximum absolute atomic E-state index is 11.6. The maximum atomic E-state index is 11.6. The van der Waals surface area contributed by atoms with Crippen molar-refractivity contribution in [3.05, 3.63) is 18.0 Å². The lowest BCUT2D eigenvalue weighted by atomic mass is 9.95. The van der Waals surface area contributed by atoms with E-state index in [-0.39, 0.29) is 17.4 Å². The molecule has 0 fully saturated rings. The number of amides is 1. The van der Waals surface area contributed by atoms with E-state index in [1.807, 2.05) is 33.8 Å². The number of nitrogens with zero attached hydrogens (tertiary/aromatic N) is 1. The molecule has 0 aromatic carbocycles. The van der Waals surface area contributed by atoms with Crippen molar-refractivity contribution in [2.45, 2.75) is 33.7 Å². The van der Waals surface area contributed by atoms with Gasteiger partial charge in [0.05, 0.1) is 11.7 Å². The molecule has 0 saturated heterocycles. The minimum Gasteiger partial charge on any atom is -0.347 e. The Labute approximate surface area is 84.1 Å². The van der Waals surface area contributed by atoms with Crippen LogP contribution in [0.2, 0.25) is 0 Å². The molecule has 1 atom stereocenters. The molecular formula is C10H17N3O. The Kier molecular flexibility index (Phi) is 2.93. The fraction of sp³-hybridized carbons (Fsp3) is 0.600. The lowest BCUT2D eigenvalue weighted by Gasteiger charge is -2.20. The third-order valence-corrected chi connectivity index (χ3v) is 1.99. The van der Waals surface area contributed by atoms with Gasteiger partial charge < -0.3 is 5.32 Å². The molecule has 1 rings (SSSR count). The molecule has 0 radical (unpaired) electrons. The van der Waals surface area contributed by atoms with Crippen LogP contribution in [-0.2, 0) is 4.79 Å². The van der Waals surface area contributed by atoms with E-state index < -0.39 is 0 Å². The van der Waals surface area contributed by atoms with E-state index in [0.29, 0.717) is 0 Å². The number of nitrogens with one attached hydrogen (secondary N) is 2. The highest BCUT2D eigenvalue weighted by Crippen LogP contribution is 2.16. The first-order chi connectivity index (χ1) is 6.41.